The van der Waals surface area contributed by atoms with E-state index >= 15 is 0 Å². The lowest BCUT2D eigenvalue weighted by Gasteiger charge is -2.27. The first-order valence-corrected chi connectivity index (χ1v) is 6.31. The lowest BCUT2D eigenvalue weighted by Crippen LogP contribution is -2.41. The van der Waals surface area contributed by atoms with Gasteiger partial charge in [0.15, 0.2) is 0 Å². The van der Waals surface area contributed by atoms with E-state index in [0.29, 0.717) is 13.0 Å². The number of rotatable bonds is 6. The third-order valence-electron chi connectivity index (χ3n) is 2.93. The first-order chi connectivity index (χ1) is 8.50. The Hall–Kier alpha value is -1.55. The Labute approximate surface area is 109 Å². The van der Waals surface area contributed by atoms with E-state index in [0.717, 1.165) is 5.69 Å². The Balaban J connectivity index is 2.41. The Bertz CT molecular complexity index is 365. The number of nitrogens with one attached hydrogen (secondary N) is 1. The molecule has 100 valence electrons. The molecule has 0 saturated heterocycles. The van der Waals surface area contributed by atoms with Crippen LogP contribution in [0, 0.1) is 0 Å². The maximum atomic E-state index is 11.5. The molecule has 1 amide bonds. The Kier molecular flexibility index (Phi) is 5.65. The smallest absolute Gasteiger partial charge is 0.221 e. The maximum absolute atomic E-state index is 11.5. The van der Waals surface area contributed by atoms with Crippen molar-refractivity contribution in [3.05, 3.63) is 30.3 Å². The van der Waals surface area contributed by atoms with Crippen LogP contribution in [0.25, 0.3) is 0 Å². The fraction of sp³-hybridized carbons (Fsp3) is 0.500. The van der Waals surface area contributed by atoms with Gasteiger partial charge in [0.05, 0.1) is 0 Å². The summed E-state index contributed by atoms with van der Waals surface area (Å²) in [7, 11) is 2.03. The molecule has 0 aliphatic rings. The average molecular weight is 249 g/mol. The molecule has 0 saturated carbocycles. The minimum Gasteiger partial charge on any atom is -0.370 e. The van der Waals surface area contributed by atoms with Gasteiger partial charge in [-0.2, -0.15) is 0 Å². The third-order valence-corrected chi connectivity index (χ3v) is 2.93. The van der Waals surface area contributed by atoms with E-state index < -0.39 is 0 Å². The number of nitrogens with two attached hydrogens (primary N) is 1. The van der Waals surface area contributed by atoms with Crippen molar-refractivity contribution in [1.29, 1.82) is 0 Å². The molecular weight excluding hydrogens is 226 g/mol. The summed E-state index contributed by atoms with van der Waals surface area (Å²) in [6.07, 6.45) is 0.377. The van der Waals surface area contributed by atoms with Gasteiger partial charge in [0, 0.05) is 37.8 Å². The second-order valence-electron chi connectivity index (χ2n) is 4.78. The number of benzene rings is 1. The zero-order valence-corrected chi connectivity index (χ0v) is 11.4. The summed E-state index contributed by atoms with van der Waals surface area (Å²) in [6, 6.07) is 10.3. The van der Waals surface area contributed by atoms with Gasteiger partial charge in [-0.15, -0.1) is 0 Å². The van der Waals surface area contributed by atoms with Crippen LogP contribution < -0.4 is 16.0 Å². The highest BCUT2D eigenvalue weighted by Gasteiger charge is 2.11. The van der Waals surface area contributed by atoms with E-state index in [1.807, 2.05) is 32.2 Å². The molecular formula is C14H23N3O. The van der Waals surface area contributed by atoms with Crippen LogP contribution in [0.2, 0.25) is 0 Å². The van der Waals surface area contributed by atoms with Gasteiger partial charge in [-0.05, 0) is 26.0 Å². The van der Waals surface area contributed by atoms with Gasteiger partial charge >= 0.3 is 0 Å². The highest BCUT2D eigenvalue weighted by atomic mass is 16.1. The SMILES string of the molecule is CC(N)CC(=O)NCC(C)N(C)c1ccccc1. The molecule has 4 heteroatoms. The summed E-state index contributed by atoms with van der Waals surface area (Å²) >= 11 is 0. The zero-order valence-electron chi connectivity index (χ0n) is 11.4. The molecule has 1 aromatic carbocycles. The van der Waals surface area contributed by atoms with Gasteiger partial charge in [-0.25, -0.2) is 0 Å². The zero-order chi connectivity index (χ0) is 13.5. The monoisotopic (exact) mass is 249 g/mol. The van der Waals surface area contributed by atoms with Gasteiger partial charge < -0.3 is 16.0 Å². The molecule has 1 aromatic rings. The molecule has 2 atom stereocenters. The van der Waals surface area contributed by atoms with Crippen molar-refractivity contribution >= 4 is 11.6 Å². The van der Waals surface area contributed by atoms with Crippen LogP contribution in [0.15, 0.2) is 30.3 Å². The van der Waals surface area contributed by atoms with E-state index in [4.69, 9.17) is 5.73 Å². The molecule has 3 N–H and O–H groups in total. The minimum atomic E-state index is -0.0906. The number of carbonyl (C=O) groups is 1. The van der Waals surface area contributed by atoms with Gasteiger partial charge in [-0.3, -0.25) is 4.79 Å². The second kappa shape index (κ2) is 7.01. The first-order valence-electron chi connectivity index (χ1n) is 6.31. The standard InChI is InChI=1S/C14H23N3O/c1-11(15)9-14(18)16-10-12(2)17(3)13-7-5-4-6-8-13/h4-8,11-12H,9-10,15H2,1-3H3,(H,16,18). The number of anilines is 1. The molecule has 0 radical (unpaired) electrons. The van der Waals surface area contributed by atoms with Crippen molar-refractivity contribution in [1.82, 2.24) is 5.32 Å². The van der Waals surface area contributed by atoms with E-state index in [1.165, 1.54) is 0 Å². The lowest BCUT2D eigenvalue weighted by molar-refractivity contribution is -0.121. The molecule has 0 aromatic heterocycles. The fourth-order valence-electron chi connectivity index (χ4n) is 1.68. The van der Waals surface area contributed by atoms with Crippen molar-refractivity contribution in [2.24, 2.45) is 5.73 Å². The average Bonchev–Trinajstić information content (AvgIpc) is 2.35. The molecule has 0 fully saturated rings. The van der Waals surface area contributed by atoms with Crippen molar-refractivity contribution in [2.45, 2.75) is 32.4 Å². The summed E-state index contributed by atoms with van der Waals surface area (Å²) in [5, 5.41) is 2.90. The van der Waals surface area contributed by atoms with E-state index in [2.05, 4.69) is 29.3 Å². The molecule has 18 heavy (non-hydrogen) atoms. The summed E-state index contributed by atoms with van der Waals surface area (Å²) in [5.41, 5.74) is 6.72. The number of nitrogens with zero attached hydrogens (tertiary/aromatic N) is 1. The van der Waals surface area contributed by atoms with E-state index in [-0.39, 0.29) is 18.0 Å². The van der Waals surface area contributed by atoms with Crippen LogP contribution in [0.1, 0.15) is 20.3 Å². The van der Waals surface area contributed by atoms with E-state index in [9.17, 15) is 4.79 Å². The maximum Gasteiger partial charge on any atom is 0.221 e. The molecule has 1 rings (SSSR count). The van der Waals surface area contributed by atoms with Crippen LogP contribution in [-0.2, 0) is 4.79 Å². The van der Waals surface area contributed by atoms with Crippen LogP contribution in [0.5, 0.6) is 0 Å². The summed E-state index contributed by atoms with van der Waals surface area (Å²) in [5.74, 6) is 0.0123. The van der Waals surface area contributed by atoms with Gasteiger partial charge in [-0.1, -0.05) is 18.2 Å². The van der Waals surface area contributed by atoms with E-state index in [1.54, 1.807) is 0 Å². The summed E-state index contributed by atoms with van der Waals surface area (Å²) in [4.78, 5) is 13.7. The van der Waals surface area contributed by atoms with Crippen molar-refractivity contribution in [3.8, 4) is 0 Å². The lowest BCUT2D eigenvalue weighted by atomic mass is 10.2. The third kappa shape index (κ3) is 4.75. The molecule has 2 unspecified atom stereocenters. The predicted molar refractivity (Wildman–Crippen MR) is 75.6 cm³/mol. The first kappa shape index (κ1) is 14.5. The number of carbonyl (C=O) groups excluding carboxylic acids is 1. The normalized spacial score (nSPS) is 13.8. The Morgan fingerprint density at radius 3 is 2.50 bits per heavy atom. The molecule has 0 aliphatic carbocycles. The summed E-state index contributed by atoms with van der Waals surface area (Å²) < 4.78 is 0. The quantitative estimate of drug-likeness (QED) is 0.800. The number of hydrogen-bond acceptors (Lipinski definition) is 3. The number of amides is 1. The highest BCUT2D eigenvalue weighted by Crippen LogP contribution is 2.13. The molecule has 0 bridgehead atoms. The van der Waals surface area contributed by atoms with Gasteiger partial charge in [0.25, 0.3) is 0 Å². The second-order valence-corrected chi connectivity index (χ2v) is 4.78. The van der Waals surface area contributed by atoms with Crippen molar-refractivity contribution in [2.75, 3.05) is 18.5 Å². The van der Waals surface area contributed by atoms with Crippen LogP contribution in [0.3, 0.4) is 0 Å². The van der Waals surface area contributed by atoms with Gasteiger partial charge in [0.2, 0.25) is 5.91 Å². The van der Waals surface area contributed by atoms with Crippen LogP contribution in [-0.4, -0.2) is 31.6 Å². The predicted octanol–water partition coefficient (Wildman–Crippen LogP) is 1.36. The minimum absolute atomic E-state index is 0.0123. The number of likely N-dealkylation sites (N-methyl/N-ethyl adjacent to an activating group) is 1. The van der Waals surface area contributed by atoms with Crippen LogP contribution in [0.4, 0.5) is 5.69 Å². The largest absolute Gasteiger partial charge is 0.370 e. The Morgan fingerprint density at radius 1 is 1.33 bits per heavy atom. The topological polar surface area (TPSA) is 58.4 Å². The van der Waals surface area contributed by atoms with Crippen molar-refractivity contribution in [3.63, 3.8) is 0 Å². The molecule has 0 spiro atoms. The number of para-hydroxylation sites is 1. The number of hydrogen-bond donors (Lipinski definition) is 2. The van der Waals surface area contributed by atoms with Crippen LogP contribution >= 0.6 is 0 Å². The van der Waals surface area contributed by atoms with Gasteiger partial charge in [0.1, 0.15) is 0 Å². The molecule has 0 heterocycles. The highest BCUT2D eigenvalue weighted by molar-refractivity contribution is 5.76. The molecule has 0 aliphatic heterocycles. The Morgan fingerprint density at radius 2 is 1.94 bits per heavy atom. The van der Waals surface area contributed by atoms with Crippen molar-refractivity contribution < 1.29 is 4.79 Å². The molecule has 4 nitrogen and oxygen atoms in total. The fourth-order valence-corrected chi connectivity index (χ4v) is 1.68. The summed E-state index contributed by atoms with van der Waals surface area (Å²) in [6.45, 7) is 4.54.